The number of nitrogens with zero attached hydrogens (tertiary/aromatic N) is 2. The molecule has 0 unspecified atom stereocenters. The molecule has 1 aliphatic rings. The van der Waals surface area contributed by atoms with Crippen molar-refractivity contribution in [1.29, 1.82) is 0 Å². The first-order valence-corrected chi connectivity index (χ1v) is 7.65. The molecular weight excluding hydrogens is 298 g/mol. The fourth-order valence-electron chi connectivity index (χ4n) is 2.29. The van der Waals surface area contributed by atoms with Crippen LogP contribution in [-0.2, 0) is 0 Å². The van der Waals surface area contributed by atoms with E-state index in [2.05, 4.69) is 28.3 Å². The lowest BCUT2D eigenvalue weighted by Crippen LogP contribution is -1.93. The second kappa shape index (κ2) is 5.31. The van der Waals surface area contributed by atoms with E-state index in [4.69, 9.17) is 9.47 Å². The number of rotatable bonds is 3. The van der Waals surface area contributed by atoms with Gasteiger partial charge in [0.05, 0.1) is 22.5 Å². The Morgan fingerprint density at radius 2 is 2.05 bits per heavy atom. The van der Waals surface area contributed by atoms with Crippen molar-refractivity contribution in [1.82, 2.24) is 9.97 Å². The molecule has 1 N–H and O–H groups in total. The summed E-state index contributed by atoms with van der Waals surface area (Å²) in [4.78, 5) is 10.7. The van der Waals surface area contributed by atoms with Crippen LogP contribution in [0.25, 0.3) is 10.6 Å². The van der Waals surface area contributed by atoms with Gasteiger partial charge in [0.2, 0.25) is 6.79 Å². The average Bonchev–Trinajstić information content (AvgIpc) is 3.15. The Balaban J connectivity index is 1.62. The molecule has 0 bridgehead atoms. The van der Waals surface area contributed by atoms with Crippen LogP contribution < -0.4 is 14.8 Å². The van der Waals surface area contributed by atoms with Crippen molar-refractivity contribution in [2.24, 2.45) is 0 Å². The zero-order chi connectivity index (χ0) is 14.9. The Morgan fingerprint density at radius 1 is 1.14 bits per heavy atom. The van der Waals surface area contributed by atoms with Gasteiger partial charge < -0.3 is 14.8 Å². The van der Waals surface area contributed by atoms with E-state index < -0.39 is 0 Å². The Morgan fingerprint density at radius 3 is 2.91 bits per heavy atom. The van der Waals surface area contributed by atoms with Crippen LogP contribution in [0.1, 0.15) is 4.88 Å². The van der Waals surface area contributed by atoms with Gasteiger partial charge in [-0.15, -0.1) is 11.3 Å². The molecule has 0 spiro atoms. The maximum Gasteiger partial charge on any atom is 0.231 e. The van der Waals surface area contributed by atoms with Crippen molar-refractivity contribution in [3.63, 3.8) is 0 Å². The second-order valence-electron chi connectivity index (χ2n) is 4.86. The van der Waals surface area contributed by atoms with E-state index in [-0.39, 0.29) is 6.79 Å². The van der Waals surface area contributed by atoms with E-state index in [1.807, 2.05) is 18.2 Å². The molecule has 110 valence electrons. The smallest absolute Gasteiger partial charge is 0.231 e. The highest BCUT2D eigenvalue weighted by Gasteiger charge is 2.14. The lowest BCUT2D eigenvalue weighted by atomic mass is 10.2. The van der Waals surface area contributed by atoms with Crippen molar-refractivity contribution < 1.29 is 9.47 Å². The summed E-state index contributed by atoms with van der Waals surface area (Å²) in [6.07, 6.45) is 5.15. The predicted octanol–water partition coefficient (Wildman–Crippen LogP) is 3.99. The zero-order valence-corrected chi connectivity index (χ0v) is 12.7. The number of hydrogen-bond acceptors (Lipinski definition) is 6. The summed E-state index contributed by atoms with van der Waals surface area (Å²) in [5.74, 6) is 1.56. The van der Waals surface area contributed by atoms with Gasteiger partial charge in [-0.2, -0.15) is 0 Å². The highest BCUT2D eigenvalue weighted by Crippen LogP contribution is 2.38. The highest BCUT2D eigenvalue weighted by molar-refractivity contribution is 7.16. The second-order valence-corrected chi connectivity index (χ2v) is 6.12. The fourth-order valence-corrected chi connectivity index (χ4v) is 3.23. The summed E-state index contributed by atoms with van der Waals surface area (Å²) in [6, 6.07) is 7.93. The molecule has 3 heterocycles. The van der Waals surface area contributed by atoms with Gasteiger partial charge in [-0.3, -0.25) is 9.97 Å². The molecular formula is C16H13N3O2S. The lowest BCUT2D eigenvalue weighted by Gasteiger charge is -2.06. The molecule has 0 fully saturated rings. The summed E-state index contributed by atoms with van der Waals surface area (Å²) in [6.45, 7) is 2.37. The Kier molecular flexibility index (Phi) is 3.16. The SMILES string of the molecule is Cc1sc(-c2cnccn2)cc1Nc1ccc2c(c1)OCO2. The molecule has 4 rings (SSSR count). The van der Waals surface area contributed by atoms with Gasteiger partial charge in [-0.1, -0.05) is 0 Å². The number of benzene rings is 1. The number of ether oxygens (including phenoxy) is 2. The normalized spacial score (nSPS) is 12.4. The molecule has 1 aliphatic heterocycles. The quantitative estimate of drug-likeness (QED) is 0.792. The van der Waals surface area contributed by atoms with Crippen LogP contribution >= 0.6 is 11.3 Å². The number of aryl methyl sites for hydroxylation is 1. The Hall–Kier alpha value is -2.60. The van der Waals surface area contributed by atoms with Crippen LogP contribution in [0, 0.1) is 6.92 Å². The number of nitrogens with one attached hydrogen (secondary N) is 1. The van der Waals surface area contributed by atoms with Gasteiger partial charge in [0, 0.05) is 29.0 Å². The standard InChI is InChI=1S/C16H13N3O2S/c1-10-12(7-16(22-10)13-8-17-4-5-18-13)19-11-2-3-14-15(6-11)21-9-20-14/h2-8,19H,9H2,1H3. The van der Waals surface area contributed by atoms with Gasteiger partial charge >= 0.3 is 0 Å². The summed E-state index contributed by atoms with van der Waals surface area (Å²) < 4.78 is 10.7. The van der Waals surface area contributed by atoms with Gasteiger partial charge in [-0.25, -0.2) is 0 Å². The van der Waals surface area contributed by atoms with Crippen LogP contribution in [0.5, 0.6) is 11.5 Å². The first-order valence-electron chi connectivity index (χ1n) is 6.83. The van der Waals surface area contributed by atoms with Crippen LogP contribution in [0.15, 0.2) is 42.9 Å². The maximum atomic E-state index is 5.40. The monoisotopic (exact) mass is 311 g/mol. The van der Waals surface area contributed by atoms with Crippen molar-refractivity contribution in [3.8, 4) is 22.1 Å². The van der Waals surface area contributed by atoms with E-state index in [0.29, 0.717) is 0 Å². The molecule has 0 radical (unpaired) electrons. The number of fused-ring (bicyclic) bond motifs is 1. The third-order valence-electron chi connectivity index (χ3n) is 3.38. The topological polar surface area (TPSA) is 56.3 Å². The van der Waals surface area contributed by atoms with Crippen molar-refractivity contribution in [2.45, 2.75) is 6.92 Å². The van der Waals surface area contributed by atoms with E-state index in [1.54, 1.807) is 29.9 Å². The molecule has 2 aromatic heterocycles. The lowest BCUT2D eigenvalue weighted by molar-refractivity contribution is 0.174. The molecule has 22 heavy (non-hydrogen) atoms. The van der Waals surface area contributed by atoms with Crippen LogP contribution in [-0.4, -0.2) is 16.8 Å². The Labute approximate surface area is 131 Å². The summed E-state index contributed by atoms with van der Waals surface area (Å²) in [5.41, 5.74) is 2.91. The third kappa shape index (κ3) is 2.37. The summed E-state index contributed by atoms with van der Waals surface area (Å²) in [7, 11) is 0. The molecule has 0 atom stereocenters. The molecule has 0 amide bonds. The maximum absolute atomic E-state index is 5.40. The van der Waals surface area contributed by atoms with Gasteiger partial charge in [0.15, 0.2) is 11.5 Å². The average molecular weight is 311 g/mol. The molecule has 0 aliphatic carbocycles. The zero-order valence-electron chi connectivity index (χ0n) is 11.9. The number of hydrogen-bond donors (Lipinski definition) is 1. The summed E-state index contributed by atoms with van der Waals surface area (Å²) >= 11 is 1.69. The first-order chi connectivity index (χ1) is 10.8. The van der Waals surface area contributed by atoms with Gasteiger partial charge in [0.25, 0.3) is 0 Å². The van der Waals surface area contributed by atoms with Gasteiger partial charge in [0.1, 0.15) is 0 Å². The minimum Gasteiger partial charge on any atom is -0.454 e. The van der Waals surface area contributed by atoms with Crippen molar-refractivity contribution >= 4 is 22.7 Å². The minimum atomic E-state index is 0.285. The van der Waals surface area contributed by atoms with Crippen molar-refractivity contribution in [3.05, 3.63) is 47.7 Å². The van der Waals surface area contributed by atoms with E-state index in [1.165, 1.54) is 4.88 Å². The van der Waals surface area contributed by atoms with Crippen LogP contribution in [0.2, 0.25) is 0 Å². The van der Waals surface area contributed by atoms with Crippen LogP contribution in [0.4, 0.5) is 11.4 Å². The fraction of sp³-hybridized carbons (Fsp3) is 0.125. The molecule has 6 heteroatoms. The number of thiophene rings is 1. The summed E-state index contributed by atoms with van der Waals surface area (Å²) in [5, 5.41) is 3.42. The molecule has 3 aromatic rings. The number of aromatic nitrogens is 2. The molecule has 0 saturated heterocycles. The van der Waals surface area contributed by atoms with Gasteiger partial charge in [-0.05, 0) is 25.1 Å². The van der Waals surface area contributed by atoms with Crippen molar-refractivity contribution in [2.75, 3.05) is 12.1 Å². The first kappa shape index (κ1) is 13.1. The molecule has 5 nitrogen and oxygen atoms in total. The minimum absolute atomic E-state index is 0.285. The molecule has 0 saturated carbocycles. The number of anilines is 2. The van der Waals surface area contributed by atoms with E-state index >= 15 is 0 Å². The highest BCUT2D eigenvalue weighted by atomic mass is 32.1. The largest absolute Gasteiger partial charge is 0.454 e. The molecule has 1 aromatic carbocycles. The van der Waals surface area contributed by atoms with E-state index in [9.17, 15) is 0 Å². The van der Waals surface area contributed by atoms with E-state index in [0.717, 1.165) is 33.4 Å². The Bertz CT molecular complexity index is 818. The third-order valence-corrected chi connectivity index (χ3v) is 4.46. The predicted molar refractivity (Wildman–Crippen MR) is 85.9 cm³/mol. The van der Waals surface area contributed by atoms with Crippen LogP contribution in [0.3, 0.4) is 0 Å².